The molecule has 3 atom stereocenters. The normalized spacial score (nSPS) is 24.7. The first-order chi connectivity index (χ1) is 9.15. The van der Waals surface area contributed by atoms with E-state index < -0.39 is 4.92 Å². The molecule has 0 saturated carbocycles. The SMILES string of the molecule is O=[N+]([O-])c1c[c-]c(N2CC3OCCN(P)C3C2)[c-]c1.[U].[V]. The third-order valence-electron chi connectivity index (χ3n) is 3.58. The van der Waals surface area contributed by atoms with Crippen LogP contribution in [0.15, 0.2) is 12.1 Å². The summed E-state index contributed by atoms with van der Waals surface area (Å²) in [7, 11) is 2.74. The molecule has 3 unspecified atom stereocenters. The van der Waals surface area contributed by atoms with Crippen molar-refractivity contribution in [1.82, 2.24) is 4.67 Å². The van der Waals surface area contributed by atoms with Crippen LogP contribution in [0.5, 0.6) is 0 Å². The molecule has 1 aromatic carbocycles. The molecule has 111 valence electrons. The van der Waals surface area contributed by atoms with E-state index in [1.54, 1.807) is 0 Å². The van der Waals surface area contributed by atoms with Gasteiger partial charge in [0.1, 0.15) is 0 Å². The summed E-state index contributed by atoms with van der Waals surface area (Å²) in [5.41, 5.74) is 0.784. The number of anilines is 1. The van der Waals surface area contributed by atoms with E-state index in [1.807, 2.05) is 0 Å². The number of hydrogen-bond donors (Lipinski definition) is 0. The van der Waals surface area contributed by atoms with Gasteiger partial charge in [0.05, 0.1) is 18.8 Å². The van der Waals surface area contributed by atoms with Gasteiger partial charge in [0.15, 0.2) is 0 Å². The molecule has 2 fully saturated rings. The minimum absolute atomic E-state index is 0. The summed E-state index contributed by atoms with van der Waals surface area (Å²) in [5, 5.41) is 10.6. The Morgan fingerprint density at radius 3 is 2.62 bits per heavy atom. The van der Waals surface area contributed by atoms with Gasteiger partial charge in [0.2, 0.25) is 0 Å². The van der Waals surface area contributed by atoms with E-state index in [2.05, 4.69) is 31.1 Å². The van der Waals surface area contributed by atoms with Crippen LogP contribution in [0.2, 0.25) is 0 Å². The maximum Gasteiger partial charge on any atom is 0.0923 e. The molecule has 0 N–H and O–H groups in total. The van der Waals surface area contributed by atoms with Crippen molar-refractivity contribution >= 4 is 20.8 Å². The Balaban J connectivity index is 0.00000110. The third-order valence-corrected chi connectivity index (χ3v) is 4.23. The van der Waals surface area contributed by atoms with Gasteiger partial charge in [-0.05, 0) is 0 Å². The van der Waals surface area contributed by atoms with Gasteiger partial charge in [0.25, 0.3) is 0 Å². The van der Waals surface area contributed by atoms with Crippen LogP contribution in [0.3, 0.4) is 0 Å². The Kier molecular flexibility index (Phi) is 7.70. The first-order valence-corrected chi connectivity index (χ1v) is 6.62. The molecule has 6 nitrogen and oxygen atoms in total. The number of nitro benzene ring substituents is 1. The number of hydrogen-bond acceptors (Lipinski definition) is 5. The van der Waals surface area contributed by atoms with E-state index in [0.29, 0.717) is 6.04 Å². The summed E-state index contributed by atoms with van der Waals surface area (Å²) in [6, 6.07) is 9.00. The molecule has 2 heterocycles. The van der Waals surface area contributed by atoms with Crippen molar-refractivity contribution in [3.05, 3.63) is 34.4 Å². The molecule has 2 aliphatic rings. The number of ether oxygens (including phenoxy) is 1. The van der Waals surface area contributed by atoms with Crippen molar-refractivity contribution in [3.63, 3.8) is 0 Å². The van der Waals surface area contributed by atoms with Gasteiger partial charge in [-0.1, -0.05) is 14.3 Å². The van der Waals surface area contributed by atoms with Gasteiger partial charge in [-0.25, -0.2) is 17.8 Å². The molecule has 2 aliphatic heterocycles. The van der Waals surface area contributed by atoms with Crippen molar-refractivity contribution in [2.45, 2.75) is 12.1 Å². The minimum atomic E-state index is -0.436. The van der Waals surface area contributed by atoms with Gasteiger partial charge in [0, 0.05) is 75.0 Å². The maximum atomic E-state index is 10.6. The fourth-order valence-corrected chi connectivity index (χ4v) is 2.94. The van der Waals surface area contributed by atoms with E-state index in [0.717, 1.165) is 31.9 Å². The van der Waals surface area contributed by atoms with Crippen LogP contribution in [-0.2, 0) is 23.3 Å². The van der Waals surface area contributed by atoms with Crippen molar-refractivity contribution in [1.29, 1.82) is 0 Å². The Morgan fingerprint density at radius 1 is 1.38 bits per heavy atom. The maximum absolute atomic E-state index is 10.6. The molecule has 0 aromatic heterocycles. The minimum Gasteiger partial charge on any atom is -0.412 e. The zero-order valence-electron chi connectivity index (χ0n) is 11.2. The van der Waals surface area contributed by atoms with Crippen LogP contribution < -0.4 is 4.90 Å². The monoisotopic (exact) mass is 568 g/mol. The van der Waals surface area contributed by atoms with Crippen LogP contribution in [0.25, 0.3) is 0 Å². The first-order valence-electron chi connectivity index (χ1n) is 6.11. The second-order valence-electron chi connectivity index (χ2n) is 4.73. The van der Waals surface area contributed by atoms with E-state index in [4.69, 9.17) is 4.74 Å². The van der Waals surface area contributed by atoms with Crippen molar-refractivity contribution in [3.8, 4) is 0 Å². The number of morpholine rings is 1. The Morgan fingerprint density at radius 2 is 2.05 bits per heavy atom. The van der Waals surface area contributed by atoms with Gasteiger partial charge in [-0.2, -0.15) is 0 Å². The molecule has 0 aliphatic carbocycles. The number of rotatable bonds is 2. The quantitative estimate of drug-likeness (QED) is 0.230. The molecule has 1 aromatic rings. The average molecular weight is 568 g/mol. The predicted molar refractivity (Wildman–Crippen MR) is 72.9 cm³/mol. The summed E-state index contributed by atoms with van der Waals surface area (Å²) >= 11 is 0. The topological polar surface area (TPSA) is 58.9 Å². The first kappa shape index (κ1) is 19.5. The third kappa shape index (κ3) is 4.23. The van der Waals surface area contributed by atoms with Crippen molar-refractivity contribution < 1.29 is 59.3 Å². The molecular weight excluding hydrogens is 554 g/mol. The van der Waals surface area contributed by atoms with E-state index in [1.165, 1.54) is 12.1 Å². The Hall–Kier alpha value is 0.406. The number of nitro groups is 1. The van der Waals surface area contributed by atoms with Crippen molar-refractivity contribution in [2.75, 3.05) is 31.1 Å². The molecule has 0 bridgehead atoms. The number of nitrogens with zero attached hydrogens (tertiary/aromatic N) is 3. The van der Waals surface area contributed by atoms with Crippen LogP contribution in [-0.4, -0.2) is 48.0 Å². The molecule has 21 heavy (non-hydrogen) atoms. The van der Waals surface area contributed by atoms with Crippen LogP contribution in [0.1, 0.15) is 0 Å². The zero-order chi connectivity index (χ0) is 13.4. The molecular formula is C12H14N3O3PUV-2. The molecule has 9 heteroatoms. The summed E-state index contributed by atoms with van der Waals surface area (Å²) in [5.74, 6) is 0. The van der Waals surface area contributed by atoms with Crippen LogP contribution >= 0.6 is 9.39 Å². The second-order valence-corrected chi connectivity index (χ2v) is 5.39. The van der Waals surface area contributed by atoms with E-state index in [9.17, 15) is 10.1 Å². The zero-order valence-corrected chi connectivity index (χ0v) is 17.9. The summed E-state index contributed by atoms with van der Waals surface area (Å²) < 4.78 is 7.98. The smallest absolute Gasteiger partial charge is 0.0923 e. The fourth-order valence-electron chi connectivity index (χ4n) is 2.55. The molecule has 0 amide bonds. The predicted octanol–water partition coefficient (Wildman–Crippen LogP) is 0.872. The largest absolute Gasteiger partial charge is 0.412 e. The van der Waals surface area contributed by atoms with Crippen LogP contribution in [0.4, 0.5) is 11.4 Å². The standard InChI is InChI=1S/C12H14N3O3P.U.V/c16-15(17)10-3-1-9(2-4-10)13-7-11-12(8-13)18-6-5-14(11)19;;/h3-4,11-12H,5-8,19H2;;/q-2;;. The van der Waals surface area contributed by atoms with Gasteiger partial charge < -0.3 is 21.8 Å². The molecule has 2 saturated heterocycles. The molecule has 3 rings (SSSR count). The van der Waals surface area contributed by atoms with E-state index >= 15 is 0 Å². The average Bonchev–Trinajstić information content (AvgIpc) is 2.84. The summed E-state index contributed by atoms with van der Waals surface area (Å²) in [4.78, 5) is 12.3. The number of non-ortho nitro benzene ring substituents is 1. The van der Waals surface area contributed by atoms with E-state index in [-0.39, 0.29) is 61.5 Å². The summed E-state index contributed by atoms with van der Waals surface area (Å²) in [6.45, 7) is 3.26. The Labute approximate surface area is 161 Å². The Bertz CT molecular complexity index is 493. The second kappa shape index (κ2) is 8.31. The summed E-state index contributed by atoms with van der Waals surface area (Å²) in [6.07, 6.45) is 0.184. The number of fused-ring (bicyclic) bond motifs is 1. The number of benzene rings is 1. The van der Waals surface area contributed by atoms with Gasteiger partial charge in [-0.3, -0.25) is 14.8 Å². The van der Waals surface area contributed by atoms with Crippen LogP contribution in [0, 0.1) is 53.4 Å². The molecule has 1 radical (unpaired) electrons. The van der Waals surface area contributed by atoms with Crippen molar-refractivity contribution in [2.24, 2.45) is 0 Å². The van der Waals surface area contributed by atoms with Gasteiger partial charge in [-0.15, -0.1) is 0 Å². The van der Waals surface area contributed by atoms with Gasteiger partial charge >= 0.3 is 0 Å². The fraction of sp³-hybridized carbons (Fsp3) is 0.500. The molecule has 0 spiro atoms.